The second kappa shape index (κ2) is 8.06. The summed E-state index contributed by atoms with van der Waals surface area (Å²) in [6.07, 6.45) is 8.41. The van der Waals surface area contributed by atoms with Gasteiger partial charge >= 0.3 is 6.01 Å². The van der Waals surface area contributed by atoms with Crippen LogP contribution in [-0.4, -0.2) is 66.3 Å². The van der Waals surface area contributed by atoms with Gasteiger partial charge in [0.25, 0.3) is 0 Å². The van der Waals surface area contributed by atoms with Crippen molar-refractivity contribution in [2.45, 2.75) is 63.1 Å². The summed E-state index contributed by atoms with van der Waals surface area (Å²) in [6, 6.07) is 5.49. The second-order valence-electron chi connectivity index (χ2n) is 10.3. The van der Waals surface area contributed by atoms with Gasteiger partial charge in [0, 0.05) is 42.0 Å². The number of piperazine rings is 1. The first-order valence-corrected chi connectivity index (χ1v) is 12.8. The molecule has 1 aromatic heterocycles. The van der Waals surface area contributed by atoms with Gasteiger partial charge in [-0.15, -0.1) is 0 Å². The van der Waals surface area contributed by atoms with Crippen LogP contribution in [0.2, 0.25) is 0 Å². The number of aromatic nitrogens is 2. The molecule has 4 atom stereocenters. The van der Waals surface area contributed by atoms with Crippen molar-refractivity contribution in [2.75, 3.05) is 38.2 Å². The number of likely N-dealkylation sites (tertiary alicyclic amines) is 1. The van der Waals surface area contributed by atoms with Crippen LogP contribution in [0, 0.1) is 11.2 Å². The van der Waals surface area contributed by atoms with E-state index in [4.69, 9.17) is 9.72 Å². The Labute approximate surface area is 197 Å². The van der Waals surface area contributed by atoms with E-state index in [0.717, 1.165) is 30.8 Å². The van der Waals surface area contributed by atoms with Crippen LogP contribution in [0.25, 0.3) is 10.9 Å². The number of fused-ring (bicyclic) bond motifs is 4. The maximum absolute atomic E-state index is 15.1. The monoisotopic (exact) mass is 503 g/mol. The molecular weight excluding hydrogens is 473 g/mol. The number of piperidine rings is 1. The van der Waals surface area contributed by atoms with E-state index >= 15 is 4.39 Å². The lowest BCUT2D eigenvalue weighted by atomic mass is 9.76. The highest BCUT2D eigenvalue weighted by atomic mass is 79.9. The van der Waals surface area contributed by atoms with Gasteiger partial charge < -0.3 is 19.9 Å². The Kier molecular flexibility index (Phi) is 5.30. The van der Waals surface area contributed by atoms with Crippen molar-refractivity contribution in [3.05, 3.63) is 22.4 Å². The molecule has 4 fully saturated rings. The Morgan fingerprint density at radius 3 is 2.75 bits per heavy atom. The van der Waals surface area contributed by atoms with Gasteiger partial charge in [-0.05, 0) is 80.2 Å². The van der Waals surface area contributed by atoms with Gasteiger partial charge in [0.05, 0.1) is 11.1 Å². The highest BCUT2D eigenvalue weighted by molar-refractivity contribution is 9.10. The first kappa shape index (κ1) is 21.1. The summed E-state index contributed by atoms with van der Waals surface area (Å²) in [5.74, 6) is 0.458. The molecule has 2 bridgehead atoms. The molecule has 8 heteroatoms. The molecule has 1 saturated carbocycles. The van der Waals surface area contributed by atoms with E-state index in [1.54, 1.807) is 6.07 Å². The Hall–Kier alpha value is -1.51. The topological polar surface area (TPSA) is 53.5 Å². The zero-order valence-corrected chi connectivity index (χ0v) is 20.2. The largest absolute Gasteiger partial charge is 0.463 e. The van der Waals surface area contributed by atoms with Gasteiger partial charge in [-0.3, -0.25) is 0 Å². The maximum Gasteiger partial charge on any atom is 0.319 e. The predicted molar refractivity (Wildman–Crippen MR) is 127 cm³/mol. The zero-order chi connectivity index (χ0) is 21.9. The second-order valence-corrected chi connectivity index (χ2v) is 11.1. The average Bonchev–Trinajstić information content (AvgIpc) is 3.38. The van der Waals surface area contributed by atoms with Crippen molar-refractivity contribution in [3.63, 3.8) is 0 Å². The van der Waals surface area contributed by atoms with Gasteiger partial charge in [0.1, 0.15) is 11.3 Å². The minimum atomic E-state index is -0.344. The number of hydrogen-bond donors (Lipinski definition) is 1. The van der Waals surface area contributed by atoms with Gasteiger partial charge in [-0.1, -0.05) is 6.42 Å². The van der Waals surface area contributed by atoms with E-state index in [1.807, 2.05) is 6.07 Å². The number of ether oxygens (including phenoxy) is 1. The van der Waals surface area contributed by atoms with Crippen LogP contribution < -0.4 is 15.0 Å². The summed E-state index contributed by atoms with van der Waals surface area (Å²) >= 11 is 3.33. The van der Waals surface area contributed by atoms with Crippen LogP contribution in [-0.2, 0) is 0 Å². The van der Waals surface area contributed by atoms with E-state index < -0.39 is 0 Å². The van der Waals surface area contributed by atoms with Crippen LogP contribution in [0.1, 0.15) is 44.9 Å². The number of anilines is 1. The third-order valence-corrected chi connectivity index (χ3v) is 8.91. The summed E-state index contributed by atoms with van der Waals surface area (Å²) in [7, 11) is 2.24. The van der Waals surface area contributed by atoms with Crippen molar-refractivity contribution in [3.8, 4) is 6.01 Å². The Bertz CT molecular complexity index is 1030. The molecule has 172 valence electrons. The fourth-order valence-electron chi connectivity index (χ4n) is 6.76. The Morgan fingerprint density at radius 2 is 1.94 bits per heavy atom. The highest BCUT2D eigenvalue weighted by Crippen LogP contribution is 2.47. The van der Waals surface area contributed by atoms with Gasteiger partial charge in [0.2, 0.25) is 0 Å². The molecule has 4 aliphatic rings. The van der Waals surface area contributed by atoms with Crippen molar-refractivity contribution in [1.29, 1.82) is 0 Å². The van der Waals surface area contributed by atoms with Crippen molar-refractivity contribution in [2.24, 2.45) is 5.41 Å². The minimum Gasteiger partial charge on any atom is -0.463 e. The van der Waals surface area contributed by atoms with Crippen LogP contribution >= 0.6 is 15.9 Å². The van der Waals surface area contributed by atoms with E-state index in [-0.39, 0.29) is 11.2 Å². The Morgan fingerprint density at radius 1 is 1.16 bits per heavy atom. The lowest BCUT2D eigenvalue weighted by molar-refractivity contribution is 0.0133. The molecule has 1 aromatic carbocycles. The number of hydrogen-bond acceptors (Lipinski definition) is 6. The molecule has 6 rings (SSSR count). The molecule has 3 aliphatic heterocycles. The minimum absolute atomic E-state index is 0.162. The van der Waals surface area contributed by atoms with Crippen LogP contribution in [0.4, 0.5) is 10.2 Å². The van der Waals surface area contributed by atoms with Gasteiger partial charge in [-0.2, -0.15) is 9.97 Å². The summed E-state index contributed by atoms with van der Waals surface area (Å²) in [6.45, 7) is 3.54. The number of rotatable bonds is 4. The fraction of sp³-hybridized carbons (Fsp3) is 0.667. The molecule has 6 nitrogen and oxygen atoms in total. The molecule has 1 aliphatic carbocycles. The average molecular weight is 504 g/mol. The number of nitrogens with zero attached hydrogens (tertiary/aromatic N) is 4. The summed E-state index contributed by atoms with van der Waals surface area (Å²) < 4.78 is 21.9. The van der Waals surface area contributed by atoms with Crippen molar-refractivity contribution < 1.29 is 9.13 Å². The first-order valence-electron chi connectivity index (χ1n) is 12.0. The molecule has 2 unspecified atom stereocenters. The molecule has 0 spiro atoms. The maximum atomic E-state index is 15.1. The van der Waals surface area contributed by atoms with Gasteiger partial charge in [-0.25, -0.2) is 4.39 Å². The number of nitrogens with one attached hydrogen (secondary N) is 1. The Balaban J connectivity index is 1.35. The predicted octanol–water partition coefficient (Wildman–Crippen LogP) is 4.12. The van der Waals surface area contributed by atoms with E-state index in [9.17, 15) is 0 Å². The van der Waals surface area contributed by atoms with Gasteiger partial charge in [0.15, 0.2) is 5.82 Å². The molecule has 4 heterocycles. The smallest absolute Gasteiger partial charge is 0.319 e. The SMILES string of the molecule is CN1CCC[C@@]2(COc3nc(N4CC5CCC(C4)N5)c4ccc(Br)c(F)c4n3)CCC[C@@H]12. The molecule has 0 amide bonds. The van der Waals surface area contributed by atoms with Crippen LogP contribution in [0.3, 0.4) is 0 Å². The van der Waals surface area contributed by atoms with Crippen LogP contribution in [0.15, 0.2) is 16.6 Å². The third-order valence-electron chi connectivity index (χ3n) is 8.30. The summed E-state index contributed by atoms with van der Waals surface area (Å²) in [5, 5.41) is 4.43. The molecule has 2 aromatic rings. The first-order chi connectivity index (χ1) is 15.5. The molecular formula is C24H31BrFN5O. The number of benzene rings is 1. The van der Waals surface area contributed by atoms with Crippen molar-refractivity contribution >= 4 is 32.7 Å². The molecule has 1 N–H and O–H groups in total. The summed E-state index contributed by atoms with van der Waals surface area (Å²) in [5.41, 5.74) is 0.501. The molecule has 0 radical (unpaired) electrons. The third kappa shape index (κ3) is 3.49. The van der Waals surface area contributed by atoms with Crippen LogP contribution in [0.5, 0.6) is 6.01 Å². The fourth-order valence-corrected chi connectivity index (χ4v) is 7.08. The van der Waals surface area contributed by atoms with E-state index in [2.05, 4.69) is 43.1 Å². The number of halogens is 2. The standard InChI is InChI=1S/C24H31BrFN5O/c1-30-11-3-10-24(9-2-4-19(24)30)14-32-23-28-21-17(7-8-18(25)20(21)26)22(29-23)31-12-15-5-6-16(13-31)27-15/h7-8,15-16,19,27H,2-6,9-14H2,1H3/t15?,16?,19-,24-/m1/s1. The van der Waals surface area contributed by atoms with E-state index in [1.165, 1.54) is 44.9 Å². The molecule has 32 heavy (non-hydrogen) atoms. The van der Waals surface area contributed by atoms with Crippen molar-refractivity contribution in [1.82, 2.24) is 20.2 Å². The lowest BCUT2D eigenvalue weighted by Gasteiger charge is -2.44. The van der Waals surface area contributed by atoms with E-state index in [0.29, 0.717) is 40.7 Å². The quantitative estimate of drug-likeness (QED) is 0.677. The summed E-state index contributed by atoms with van der Waals surface area (Å²) in [4.78, 5) is 14.2. The zero-order valence-electron chi connectivity index (χ0n) is 18.6. The normalized spacial score (nSPS) is 32.5. The highest BCUT2D eigenvalue weighted by Gasteiger charge is 2.47. The lowest BCUT2D eigenvalue weighted by Crippen LogP contribution is -2.51. The molecule has 3 saturated heterocycles.